The van der Waals surface area contributed by atoms with E-state index in [1.807, 2.05) is 27.7 Å². The van der Waals surface area contributed by atoms with Crippen molar-refractivity contribution in [2.24, 2.45) is 0 Å². The molecule has 0 radical (unpaired) electrons. The zero-order chi connectivity index (χ0) is 19.1. The van der Waals surface area contributed by atoms with Gasteiger partial charge in [0, 0.05) is 17.6 Å². The normalized spacial score (nSPS) is 14.2. The number of rotatable bonds is 3. The Labute approximate surface area is 155 Å². The minimum Gasteiger partial charge on any atom is -0.347 e. The number of carbonyl (C=O) groups excluding carboxylic acids is 1. The number of nitrogens with one attached hydrogen (secondary N) is 1. The first-order chi connectivity index (χ1) is 12.1. The van der Waals surface area contributed by atoms with Crippen molar-refractivity contribution in [1.29, 1.82) is 0 Å². The standard InChI is InChI=1S/C20H24N2O3S/c1-14-5-8-17(9-6-14)26(24,25)22-12-11-15-13-16(7-10-18(15)22)19(23)21-20(2,3)4/h5-10,13H,11-12H2,1-4H3,(H,21,23). The Kier molecular flexibility index (Phi) is 4.56. The second-order valence-electron chi connectivity index (χ2n) is 7.69. The lowest BCUT2D eigenvalue weighted by molar-refractivity contribution is 0.0919. The van der Waals surface area contributed by atoms with Crippen molar-refractivity contribution in [2.75, 3.05) is 10.8 Å². The monoisotopic (exact) mass is 372 g/mol. The lowest BCUT2D eigenvalue weighted by atomic mass is 10.1. The Balaban J connectivity index is 1.91. The van der Waals surface area contributed by atoms with E-state index >= 15 is 0 Å². The van der Waals surface area contributed by atoms with Crippen LogP contribution in [0, 0.1) is 6.92 Å². The van der Waals surface area contributed by atoms with E-state index in [4.69, 9.17) is 0 Å². The second kappa shape index (κ2) is 6.43. The molecule has 2 aromatic carbocycles. The van der Waals surface area contributed by atoms with Gasteiger partial charge in [-0.05, 0) is 70.0 Å². The van der Waals surface area contributed by atoms with Crippen LogP contribution in [0.3, 0.4) is 0 Å². The van der Waals surface area contributed by atoms with E-state index in [2.05, 4.69) is 5.32 Å². The predicted molar refractivity (Wildman–Crippen MR) is 103 cm³/mol. The van der Waals surface area contributed by atoms with Crippen molar-refractivity contribution in [3.8, 4) is 0 Å². The zero-order valence-corrected chi connectivity index (χ0v) is 16.4. The number of nitrogens with zero attached hydrogens (tertiary/aromatic N) is 1. The fourth-order valence-corrected chi connectivity index (χ4v) is 4.52. The number of sulfonamides is 1. The average Bonchev–Trinajstić information content (AvgIpc) is 2.97. The van der Waals surface area contributed by atoms with Crippen LogP contribution in [0.5, 0.6) is 0 Å². The summed E-state index contributed by atoms with van der Waals surface area (Å²) in [6.45, 7) is 8.08. The van der Waals surface area contributed by atoms with Crippen LogP contribution in [0.4, 0.5) is 5.69 Å². The van der Waals surface area contributed by atoms with Gasteiger partial charge in [0.25, 0.3) is 15.9 Å². The molecule has 0 bridgehead atoms. The number of amides is 1. The maximum Gasteiger partial charge on any atom is 0.264 e. The molecule has 1 amide bonds. The molecule has 3 rings (SSSR count). The van der Waals surface area contributed by atoms with Crippen LogP contribution >= 0.6 is 0 Å². The molecule has 0 atom stereocenters. The summed E-state index contributed by atoms with van der Waals surface area (Å²) < 4.78 is 27.4. The lowest BCUT2D eigenvalue weighted by Crippen LogP contribution is -2.40. The smallest absolute Gasteiger partial charge is 0.264 e. The van der Waals surface area contributed by atoms with E-state index in [0.29, 0.717) is 24.2 Å². The molecule has 1 heterocycles. The second-order valence-corrected chi connectivity index (χ2v) is 9.55. The Morgan fingerprint density at radius 3 is 2.35 bits per heavy atom. The summed E-state index contributed by atoms with van der Waals surface area (Å²) in [5, 5.41) is 2.93. The molecule has 1 aliphatic heterocycles. The number of aryl methyl sites for hydroxylation is 1. The summed E-state index contributed by atoms with van der Waals surface area (Å²) in [5.41, 5.74) is 2.77. The van der Waals surface area contributed by atoms with Gasteiger partial charge >= 0.3 is 0 Å². The summed E-state index contributed by atoms with van der Waals surface area (Å²) in [4.78, 5) is 12.6. The highest BCUT2D eigenvalue weighted by molar-refractivity contribution is 7.92. The molecule has 0 saturated heterocycles. The molecule has 0 aromatic heterocycles. The van der Waals surface area contributed by atoms with Crippen molar-refractivity contribution >= 4 is 21.6 Å². The summed E-state index contributed by atoms with van der Waals surface area (Å²) in [6, 6.07) is 12.1. The lowest BCUT2D eigenvalue weighted by Gasteiger charge is -2.21. The van der Waals surface area contributed by atoms with Crippen LogP contribution < -0.4 is 9.62 Å². The number of hydrogen-bond acceptors (Lipinski definition) is 3. The van der Waals surface area contributed by atoms with E-state index in [1.54, 1.807) is 42.5 Å². The third kappa shape index (κ3) is 3.60. The van der Waals surface area contributed by atoms with Crippen molar-refractivity contribution in [3.63, 3.8) is 0 Å². The first-order valence-electron chi connectivity index (χ1n) is 8.63. The number of benzene rings is 2. The minimum atomic E-state index is -3.60. The summed E-state index contributed by atoms with van der Waals surface area (Å²) >= 11 is 0. The van der Waals surface area contributed by atoms with E-state index in [1.165, 1.54) is 4.31 Å². The number of carbonyl (C=O) groups is 1. The van der Waals surface area contributed by atoms with Gasteiger partial charge in [-0.25, -0.2) is 8.42 Å². The zero-order valence-electron chi connectivity index (χ0n) is 15.5. The van der Waals surface area contributed by atoms with Crippen molar-refractivity contribution < 1.29 is 13.2 Å². The number of fused-ring (bicyclic) bond motifs is 1. The van der Waals surface area contributed by atoms with Gasteiger partial charge in [0.1, 0.15) is 0 Å². The molecule has 0 spiro atoms. The molecule has 1 N–H and O–H groups in total. The van der Waals surface area contributed by atoms with Gasteiger partial charge in [-0.2, -0.15) is 0 Å². The Hall–Kier alpha value is -2.34. The highest BCUT2D eigenvalue weighted by Crippen LogP contribution is 2.33. The topological polar surface area (TPSA) is 66.5 Å². The van der Waals surface area contributed by atoms with Gasteiger partial charge < -0.3 is 5.32 Å². The molecule has 0 saturated carbocycles. The van der Waals surface area contributed by atoms with E-state index in [-0.39, 0.29) is 16.3 Å². The molecule has 0 aliphatic carbocycles. The highest BCUT2D eigenvalue weighted by atomic mass is 32.2. The molecule has 1 aliphatic rings. The average molecular weight is 372 g/mol. The van der Waals surface area contributed by atoms with Crippen molar-refractivity contribution in [2.45, 2.75) is 44.6 Å². The molecule has 6 heteroatoms. The molecular formula is C20H24N2O3S. The fraction of sp³-hybridized carbons (Fsp3) is 0.350. The van der Waals surface area contributed by atoms with Gasteiger partial charge in [-0.15, -0.1) is 0 Å². The first kappa shape index (κ1) is 18.5. The number of hydrogen-bond donors (Lipinski definition) is 1. The van der Waals surface area contributed by atoms with Crippen LogP contribution in [-0.4, -0.2) is 26.4 Å². The minimum absolute atomic E-state index is 0.153. The quantitative estimate of drug-likeness (QED) is 0.899. The van der Waals surface area contributed by atoms with E-state index in [9.17, 15) is 13.2 Å². The number of anilines is 1. The SMILES string of the molecule is Cc1ccc(S(=O)(=O)N2CCc3cc(C(=O)NC(C)(C)C)ccc32)cc1. The van der Waals surface area contributed by atoms with Gasteiger partial charge in [0.05, 0.1) is 10.6 Å². The first-order valence-corrected chi connectivity index (χ1v) is 10.1. The van der Waals surface area contributed by atoms with Crippen LogP contribution in [0.15, 0.2) is 47.4 Å². The molecular weight excluding hydrogens is 348 g/mol. The van der Waals surface area contributed by atoms with Crippen LogP contribution in [0.2, 0.25) is 0 Å². The Morgan fingerprint density at radius 2 is 1.73 bits per heavy atom. The van der Waals surface area contributed by atoms with Gasteiger partial charge in [0.2, 0.25) is 0 Å². The van der Waals surface area contributed by atoms with Crippen molar-refractivity contribution in [1.82, 2.24) is 5.32 Å². The third-order valence-corrected chi connectivity index (χ3v) is 6.12. The van der Waals surface area contributed by atoms with Crippen LogP contribution in [0.1, 0.15) is 42.3 Å². The van der Waals surface area contributed by atoms with Gasteiger partial charge in [-0.3, -0.25) is 9.10 Å². The largest absolute Gasteiger partial charge is 0.347 e. The molecule has 2 aromatic rings. The maximum atomic E-state index is 13.0. The third-order valence-electron chi connectivity index (χ3n) is 4.29. The van der Waals surface area contributed by atoms with Crippen LogP contribution in [0.25, 0.3) is 0 Å². The fourth-order valence-electron chi connectivity index (χ4n) is 3.01. The molecule has 138 valence electrons. The van der Waals surface area contributed by atoms with Crippen molar-refractivity contribution in [3.05, 3.63) is 59.2 Å². The van der Waals surface area contributed by atoms with Gasteiger partial charge in [0.15, 0.2) is 0 Å². The molecule has 5 nitrogen and oxygen atoms in total. The Morgan fingerprint density at radius 1 is 1.08 bits per heavy atom. The summed E-state index contributed by atoms with van der Waals surface area (Å²) in [6.07, 6.45) is 0.594. The summed E-state index contributed by atoms with van der Waals surface area (Å²) in [5.74, 6) is -0.153. The molecule has 0 unspecified atom stereocenters. The Bertz CT molecular complexity index is 942. The van der Waals surface area contributed by atoms with E-state index < -0.39 is 10.0 Å². The van der Waals surface area contributed by atoms with Gasteiger partial charge in [-0.1, -0.05) is 17.7 Å². The van der Waals surface area contributed by atoms with E-state index in [0.717, 1.165) is 11.1 Å². The van der Waals surface area contributed by atoms with Crippen LogP contribution in [-0.2, 0) is 16.4 Å². The molecule has 26 heavy (non-hydrogen) atoms. The maximum absolute atomic E-state index is 13.0. The molecule has 0 fully saturated rings. The summed E-state index contributed by atoms with van der Waals surface area (Å²) in [7, 11) is -3.60. The highest BCUT2D eigenvalue weighted by Gasteiger charge is 2.31. The predicted octanol–water partition coefficient (Wildman–Crippen LogP) is 3.27.